The van der Waals surface area contributed by atoms with Gasteiger partial charge in [0, 0.05) is 7.05 Å². The van der Waals surface area contributed by atoms with Crippen molar-refractivity contribution in [3.8, 4) is 0 Å². The molecule has 0 aliphatic heterocycles. The zero-order valence-electron chi connectivity index (χ0n) is 12.9. The van der Waals surface area contributed by atoms with E-state index in [1.165, 1.54) is 19.2 Å². The molecule has 0 aromatic carbocycles. The van der Waals surface area contributed by atoms with Gasteiger partial charge in [-0.15, -0.1) is 0 Å². The number of esters is 1. The lowest BCUT2D eigenvalue weighted by molar-refractivity contribution is -0.215. The first kappa shape index (κ1) is 17.9. The van der Waals surface area contributed by atoms with Crippen molar-refractivity contribution >= 4 is 11.9 Å². The van der Waals surface area contributed by atoms with Gasteiger partial charge in [0.05, 0.1) is 7.11 Å². The average Bonchev–Trinajstić information content (AvgIpc) is 2.21. The number of carbonyl (C=O) groups excluding carboxylic acids is 2. The summed E-state index contributed by atoms with van der Waals surface area (Å²) in [7, 11) is 2.87. The minimum absolute atomic E-state index is 0.0672. The smallest absolute Gasteiger partial charge is 0.339 e. The highest BCUT2D eigenvalue weighted by Crippen LogP contribution is 2.27. The molecule has 0 bridgehead atoms. The number of carbonyl (C=O) groups is 2. The normalized spacial score (nSPS) is 15.4. The molecular formula is C13H26N2O4. The van der Waals surface area contributed by atoms with Crippen molar-refractivity contribution in [1.82, 2.24) is 5.06 Å². The third kappa shape index (κ3) is 4.47. The Balaban J connectivity index is 5.57. The summed E-state index contributed by atoms with van der Waals surface area (Å²) in [6.45, 7) is 8.99. The largest absolute Gasteiger partial charge is 0.458 e. The van der Waals surface area contributed by atoms with Gasteiger partial charge in [-0.3, -0.25) is 4.79 Å². The van der Waals surface area contributed by atoms with Gasteiger partial charge in [0.2, 0.25) is 5.54 Å². The molecule has 6 nitrogen and oxygen atoms in total. The van der Waals surface area contributed by atoms with E-state index in [-0.39, 0.29) is 12.3 Å². The van der Waals surface area contributed by atoms with Crippen LogP contribution in [0.5, 0.6) is 0 Å². The predicted molar refractivity (Wildman–Crippen MR) is 72.0 cm³/mol. The van der Waals surface area contributed by atoms with E-state index in [1.54, 1.807) is 20.8 Å². The number of nitrogens with two attached hydrogens (primary N) is 1. The van der Waals surface area contributed by atoms with Crippen molar-refractivity contribution in [3.05, 3.63) is 0 Å². The molecule has 0 saturated heterocycles. The highest BCUT2D eigenvalue weighted by atomic mass is 16.7. The molecule has 0 unspecified atom stereocenters. The van der Waals surface area contributed by atoms with Crippen LogP contribution >= 0.6 is 0 Å². The van der Waals surface area contributed by atoms with Gasteiger partial charge in [0.15, 0.2) is 0 Å². The Labute approximate surface area is 115 Å². The highest BCUT2D eigenvalue weighted by molar-refractivity contribution is 6.06. The molecule has 0 fully saturated rings. The second-order valence-electron chi connectivity index (χ2n) is 6.00. The Kier molecular flexibility index (Phi) is 5.96. The maximum absolute atomic E-state index is 12.4. The highest BCUT2D eigenvalue weighted by Gasteiger charge is 2.52. The number of amides is 1. The Bertz CT molecular complexity index is 336. The summed E-state index contributed by atoms with van der Waals surface area (Å²) in [6.07, 6.45) is 0.224. The third-order valence-electron chi connectivity index (χ3n) is 2.66. The van der Waals surface area contributed by atoms with Crippen LogP contribution in [0.3, 0.4) is 0 Å². The van der Waals surface area contributed by atoms with Crippen molar-refractivity contribution in [1.29, 1.82) is 0 Å². The number of rotatable bonds is 6. The van der Waals surface area contributed by atoms with E-state index >= 15 is 0 Å². The predicted octanol–water partition coefficient (Wildman–Crippen LogP) is 1.09. The lowest BCUT2D eigenvalue weighted by Gasteiger charge is -2.38. The van der Waals surface area contributed by atoms with E-state index in [0.717, 1.165) is 0 Å². The molecule has 0 radical (unpaired) electrons. The fourth-order valence-electron chi connectivity index (χ4n) is 1.81. The van der Waals surface area contributed by atoms with E-state index < -0.39 is 23.0 Å². The Hall–Kier alpha value is -1.14. The number of hydrogen-bond donors (Lipinski definition) is 1. The van der Waals surface area contributed by atoms with Crippen LogP contribution in [0.15, 0.2) is 0 Å². The zero-order valence-corrected chi connectivity index (χ0v) is 12.9. The summed E-state index contributed by atoms with van der Waals surface area (Å²) < 4.78 is 5.33. The van der Waals surface area contributed by atoms with Crippen LogP contribution in [0.2, 0.25) is 0 Å². The van der Waals surface area contributed by atoms with Crippen LogP contribution in [0.1, 0.15) is 41.0 Å². The van der Waals surface area contributed by atoms with Gasteiger partial charge >= 0.3 is 5.97 Å². The summed E-state index contributed by atoms with van der Waals surface area (Å²) in [6, 6.07) is 0. The fraction of sp³-hybridized carbons (Fsp3) is 0.846. The lowest BCUT2D eigenvalue weighted by atomic mass is 9.87. The Morgan fingerprint density at radius 3 is 2.00 bits per heavy atom. The van der Waals surface area contributed by atoms with Crippen molar-refractivity contribution in [3.63, 3.8) is 0 Å². The van der Waals surface area contributed by atoms with Gasteiger partial charge in [-0.1, -0.05) is 13.8 Å². The van der Waals surface area contributed by atoms with E-state index in [2.05, 4.69) is 0 Å². The molecule has 0 heterocycles. The quantitative estimate of drug-likeness (QED) is 0.445. The minimum Gasteiger partial charge on any atom is -0.458 e. The molecule has 0 aromatic heterocycles. The number of nitrogens with zero attached hydrogens (tertiary/aromatic N) is 1. The van der Waals surface area contributed by atoms with E-state index in [1.807, 2.05) is 13.8 Å². The molecule has 0 saturated carbocycles. The first-order chi connectivity index (χ1) is 8.47. The van der Waals surface area contributed by atoms with Gasteiger partial charge in [0.1, 0.15) is 5.60 Å². The Morgan fingerprint density at radius 2 is 1.74 bits per heavy atom. The maximum Gasteiger partial charge on any atom is 0.339 e. The molecule has 0 aliphatic rings. The minimum atomic E-state index is -1.61. The molecule has 0 aliphatic carbocycles. The van der Waals surface area contributed by atoms with Crippen LogP contribution in [0.25, 0.3) is 0 Å². The van der Waals surface area contributed by atoms with E-state index in [9.17, 15) is 9.59 Å². The van der Waals surface area contributed by atoms with Crippen molar-refractivity contribution in [2.24, 2.45) is 11.7 Å². The SMILES string of the molecule is CON(C)[C@@](CC(C)C)(C(N)=O)C(=O)OC(C)(C)C. The van der Waals surface area contributed by atoms with Crippen molar-refractivity contribution in [2.45, 2.75) is 52.2 Å². The van der Waals surface area contributed by atoms with Crippen LogP contribution in [-0.4, -0.2) is 42.2 Å². The molecular weight excluding hydrogens is 248 g/mol. The summed E-state index contributed by atoms with van der Waals surface area (Å²) in [4.78, 5) is 29.3. The maximum atomic E-state index is 12.4. The van der Waals surface area contributed by atoms with Gasteiger partial charge in [-0.05, 0) is 33.1 Å². The summed E-state index contributed by atoms with van der Waals surface area (Å²) in [5.74, 6) is -1.40. The monoisotopic (exact) mass is 274 g/mol. The summed E-state index contributed by atoms with van der Waals surface area (Å²) in [5.41, 5.74) is 3.13. The third-order valence-corrected chi connectivity index (χ3v) is 2.66. The van der Waals surface area contributed by atoms with Crippen molar-refractivity contribution < 1.29 is 19.2 Å². The molecule has 1 amide bonds. The second-order valence-corrected chi connectivity index (χ2v) is 6.00. The first-order valence-corrected chi connectivity index (χ1v) is 6.28. The fourth-order valence-corrected chi connectivity index (χ4v) is 1.81. The first-order valence-electron chi connectivity index (χ1n) is 6.28. The molecule has 6 heteroatoms. The van der Waals surface area contributed by atoms with Crippen LogP contribution in [0.4, 0.5) is 0 Å². The van der Waals surface area contributed by atoms with Crippen LogP contribution < -0.4 is 5.73 Å². The summed E-state index contributed by atoms with van der Waals surface area (Å²) in [5, 5.41) is 1.17. The average molecular weight is 274 g/mol. The standard InChI is InChI=1S/C13H26N2O4/c1-9(2)8-13(10(14)16,15(6)18-7)11(17)19-12(3,4)5/h9H,8H2,1-7H3,(H2,14,16)/t13-/m0/s1. The molecule has 0 rings (SSSR count). The number of hydroxylamine groups is 2. The van der Waals surface area contributed by atoms with Crippen LogP contribution in [-0.2, 0) is 19.2 Å². The molecule has 0 spiro atoms. The topological polar surface area (TPSA) is 81.9 Å². The molecule has 0 aromatic rings. The van der Waals surface area contributed by atoms with Gasteiger partial charge in [-0.25, -0.2) is 4.79 Å². The molecule has 2 N–H and O–H groups in total. The number of hydrogen-bond acceptors (Lipinski definition) is 5. The molecule has 112 valence electrons. The number of ether oxygens (including phenoxy) is 1. The lowest BCUT2D eigenvalue weighted by Crippen LogP contribution is -2.63. The zero-order chi connectivity index (χ0) is 15.4. The van der Waals surface area contributed by atoms with Gasteiger partial charge in [0.25, 0.3) is 5.91 Å². The Morgan fingerprint density at radius 1 is 1.26 bits per heavy atom. The number of primary amides is 1. The molecule has 1 atom stereocenters. The van der Waals surface area contributed by atoms with E-state index in [4.69, 9.17) is 15.3 Å². The number of likely N-dealkylation sites (N-methyl/N-ethyl adjacent to an activating group) is 1. The molecule has 19 heavy (non-hydrogen) atoms. The van der Waals surface area contributed by atoms with Crippen LogP contribution in [0, 0.1) is 5.92 Å². The summed E-state index contributed by atoms with van der Waals surface area (Å²) >= 11 is 0. The second kappa shape index (κ2) is 6.34. The van der Waals surface area contributed by atoms with E-state index in [0.29, 0.717) is 0 Å². The van der Waals surface area contributed by atoms with Gasteiger partial charge < -0.3 is 15.3 Å². The van der Waals surface area contributed by atoms with Gasteiger partial charge in [-0.2, -0.15) is 5.06 Å². The van der Waals surface area contributed by atoms with Crippen molar-refractivity contribution in [2.75, 3.05) is 14.2 Å².